The summed E-state index contributed by atoms with van der Waals surface area (Å²) in [6.07, 6.45) is 3.57. The van der Waals surface area contributed by atoms with E-state index < -0.39 is 11.6 Å². The summed E-state index contributed by atoms with van der Waals surface area (Å²) >= 11 is 0. The SMILES string of the molecule is Cc1noc(-c2cnc(N(C)C)nc2[C@H]2CCCN2Cc2cccc(F)c2F)c1C. The molecular weight excluding hydrogens is 388 g/mol. The maximum atomic E-state index is 14.3. The number of likely N-dealkylation sites (tertiary alicyclic amines) is 1. The molecule has 3 aromatic rings. The average molecular weight is 413 g/mol. The molecule has 0 radical (unpaired) electrons. The second-order valence-electron chi connectivity index (χ2n) is 7.93. The van der Waals surface area contributed by atoms with Gasteiger partial charge in [-0.25, -0.2) is 18.7 Å². The molecule has 30 heavy (non-hydrogen) atoms. The van der Waals surface area contributed by atoms with Crippen molar-refractivity contribution in [2.24, 2.45) is 0 Å². The van der Waals surface area contributed by atoms with Crippen LogP contribution in [0.15, 0.2) is 28.9 Å². The number of anilines is 1. The van der Waals surface area contributed by atoms with E-state index in [1.54, 1.807) is 18.3 Å². The summed E-state index contributed by atoms with van der Waals surface area (Å²) in [6.45, 7) is 4.93. The van der Waals surface area contributed by atoms with E-state index >= 15 is 0 Å². The molecular formula is C22H25F2N5O. The van der Waals surface area contributed by atoms with Crippen molar-refractivity contribution in [2.45, 2.75) is 39.3 Å². The minimum atomic E-state index is -0.825. The molecule has 0 unspecified atom stereocenters. The second kappa shape index (κ2) is 8.10. The molecule has 0 bridgehead atoms. The molecule has 1 saturated heterocycles. The van der Waals surface area contributed by atoms with Gasteiger partial charge < -0.3 is 9.42 Å². The van der Waals surface area contributed by atoms with Gasteiger partial charge in [-0.2, -0.15) is 0 Å². The van der Waals surface area contributed by atoms with Crippen molar-refractivity contribution in [1.82, 2.24) is 20.0 Å². The van der Waals surface area contributed by atoms with E-state index in [1.807, 2.05) is 32.8 Å². The van der Waals surface area contributed by atoms with Gasteiger partial charge in [0.1, 0.15) is 0 Å². The Labute approximate surface area is 174 Å². The van der Waals surface area contributed by atoms with Crippen LogP contribution in [-0.4, -0.2) is 40.7 Å². The first kappa shape index (κ1) is 20.4. The van der Waals surface area contributed by atoms with Gasteiger partial charge >= 0.3 is 0 Å². The predicted octanol–water partition coefficient (Wildman–Crippen LogP) is 4.43. The van der Waals surface area contributed by atoms with Crippen molar-refractivity contribution in [3.8, 4) is 11.3 Å². The molecule has 1 aliphatic rings. The quantitative estimate of drug-likeness (QED) is 0.617. The van der Waals surface area contributed by atoms with E-state index in [4.69, 9.17) is 9.51 Å². The fraction of sp³-hybridized carbons (Fsp3) is 0.409. The van der Waals surface area contributed by atoms with E-state index in [9.17, 15) is 8.78 Å². The highest BCUT2D eigenvalue weighted by molar-refractivity contribution is 5.65. The Morgan fingerprint density at radius 1 is 1.23 bits per heavy atom. The Bertz CT molecular complexity index is 1070. The largest absolute Gasteiger partial charge is 0.356 e. The van der Waals surface area contributed by atoms with Crippen LogP contribution in [0.2, 0.25) is 0 Å². The molecule has 1 aromatic carbocycles. The van der Waals surface area contributed by atoms with Crippen LogP contribution in [0.1, 0.15) is 41.4 Å². The number of hydrogen-bond acceptors (Lipinski definition) is 6. The van der Waals surface area contributed by atoms with Crippen LogP contribution in [0.25, 0.3) is 11.3 Å². The Hall–Kier alpha value is -2.87. The Morgan fingerprint density at radius 2 is 2.03 bits per heavy atom. The molecule has 4 rings (SSSR count). The Morgan fingerprint density at radius 3 is 2.73 bits per heavy atom. The fourth-order valence-electron chi connectivity index (χ4n) is 3.91. The average Bonchev–Trinajstić information content (AvgIpc) is 3.32. The summed E-state index contributed by atoms with van der Waals surface area (Å²) in [6, 6.07) is 4.25. The summed E-state index contributed by atoms with van der Waals surface area (Å²) in [5.74, 6) is -0.376. The number of aromatic nitrogens is 3. The number of aryl methyl sites for hydroxylation is 1. The van der Waals surface area contributed by atoms with E-state index in [2.05, 4.69) is 15.0 Å². The van der Waals surface area contributed by atoms with Crippen LogP contribution in [-0.2, 0) is 6.54 Å². The summed E-state index contributed by atoms with van der Waals surface area (Å²) in [7, 11) is 3.77. The molecule has 1 aliphatic heterocycles. The van der Waals surface area contributed by atoms with Crippen molar-refractivity contribution < 1.29 is 13.3 Å². The Kier molecular flexibility index (Phi) is 5.51. The second-order valence-corrected chi connectivity index (χ2v) is 7.93. The van der Waals surface area contributed by atoms with E-state index in [0.29, 0.717) is 23.8 Å². The zero-order chi connectivity index (χ0) is 21.4. The summed E-state index contributed by atoms with van der Waals surface area (Å²) in [5, 5.41) is 4.08. The molecule has 1 fully saturated rings. The van der Waals surface area contributed by atoms with Crippen molar-refractivity contribution in [3.63, 3.8) is 0 Å². The highest BCUT2D eigenvalue weighted by Crippen LogP contribution is 2.39. The van der Waals surface area contributed by atoms with Gasteiger partial charge in [0.25, 0.3) is 0 Å². The van der Waals surface area contributed by atoms with E-state index in [0.717, 1.165) is 48.0 Å². The highest BCUT2D eigenvalue weighted by Gasteiger charge is 2.32. The van der Waals surface area contributed by atoms with Crippen molar-refractivity contribution in [3.05, 3.63) is 58.5 Å². The first-order valence-electron chi connectivity index (χ1n) is 10.0. The smallest absolute Gasteiger partial charge is 0.225 e. The molecule has 0 N–H and O–H groups in total. The number of nitrogens with zero attached hydrogens (tertiary/aromatic N) is 5. The molecule has 8 heteroatoms. The number of rotatable bonds is 5. The zero-order valence-electron chi connectivity index (χ0n) is 17.6. The maximum Gasteiger partial charge on any atom is 0.225 e. The van der Waals surface area contributed by atoms with Crippen LogP contribution < -0.4 is 4.90 Å². The van der Waals surface area contributed by atoms with Gasteiger partial charge in [0.05, 0.1) is 23.0 Å². The summed E-state index contributed by atoms with van der Waals surface area (Å²) in [4.78, 5) is 13.3. The van der Waals surface area contributed by atoms with Crippen molar-refractivity contribution in [1.29, 1.82) is 0 Å². The predicted molar refractivity (Wildman–Crippen MR) is 110 cm³/mol. The van der Waals surface area contributed by atoms with Crippen LogP contribution in [0, 0.1) is 25.5 Å². The first-order valence-corrected chi connectivity index (χ1v) is 10.0. The van der Waals surface area contributed by atoms with Crippen LogP contribution in [0.5, 0.6) is 0 Å². The number of benzene rings is 1. The topological polar surface area (TPSA) is 58.3 Å². The summed E-state index contributed by atoms with van der Waals surface area (Å²) in [5.41, 5.74) is 3.71. The molecule has 0 spiro atoms. The van der Waals surface area contributed by atoms with Crippen LogP contribution in [0.4, 0.5) is 14.7 Å². The van der Waals surface area contributed by atoms with Gasteiger partial charge in [0.15, 0.2) is 17.4 Å². The van der Waals surface area contributed by atoms with Gasteiger partial charge in [0.2, 0.25) is 5.95 Å². The minimum Gasteiger partial charge on any atom is -0.356 e. The lowest BCUT2D eigenvalue weighted by Crippen LogP contribution is -2.25. The number of hydrogen-bond donors (Lipinski definition) is 0. The molecule has 0 aliphatic carbocycles. The third-order valence-electron chi connectivity index (χ3n) is 5.69. The Balaban J connectivity index is 1.76. The fourth-order valence-corrected chi connectivity index (χ4v) is 3.91. The maximum absolute atomic E-state index is 14.3. The van der Waals surface area contributed by atoms with Crippen molar-refractivity contribution in [2.75, 3.05) is 25.5 Å². The van der Waals surface area contributed by atoms with Gasteiger partial charge in [0, 0.05) is 38.0 Å². The molecule has 0 amide bonds. The number of halogens is 2. The lowest BCUT2D eigenvalue weighted by molar-refractivity contribution is 0.240. The molecule has 158 valence electrons. The first-order chi connectivity index (χ1) is 14.4. The van der Waals surface area contributed by atoms with Gasteiger partial charge in [-0.15, -0.1) is 0 Å². The lowest BCUT2D eigenvalue weighted by Gasteiger charge is -2.26. The zero-order valence-corrected chi connectivity index (χ0v) is 17.6. The standard InChI is InChI=1S/C22H25F2N5O/c1-13-14(2)27-30-21(13)16-11-25-22(28(3)4)26-20(16)18-9-6-10-29(18)12-15-7-5-8-17(23)19(15)24/h5,7-8,11,18H,6,9-10,12H2,1-4H3/t18-/m1/s1. The third kappa shape index (κ3) is 3.67. The van der Waals surface area contributed by atoms with Gasteiger partial charge in [-0.05, 0) is 39.3 Å². The van der Waals surface area contributed by atoms with Crippen LogP contribution in [0.3, 0.4) is 0 Å². The molecule has 0 saturated carbocycles. The van der Waals surface area contributed by atoms with Gasteiger partial charge in [-0.3, -0.25) is 4.90 Å². The molecule has 6 nitrogen and oxygen atoms in total. The third-order valence-corrected chi connectivity index (χ3v) is 5.69. The van der Waals surface area contributed by atoms with Crippen LogP contribution >= 0.6 is 0 Å². The molecule has 3 heterocycles. The minimum absolute atomic E-state index is 0.0610. The normalized spacial score (nSPS) is 16.9. The van der Waals surface area contributed by atoms with Gasteiger partial charge in [-0.1, -0.05) is 17.3 Å². The summed E-state index contributed by atoms with van der Waals surface area (Å²) < 4.78 is 33.6. The highest BCUT2D eigenvalue weighted by atomic mass is 19.2. The van der Waals surface area contributed by atoms with Crippen molar-refractivity contribution >= 4 is 5.95 Å². The lowest BCUT2D eigenvalue weighted by atomic mass is 10.0. The monoisotopic (exact) mass is 413 g/mol. The molecule has 1 atom stereocenters. The molecule has 2 aromatic heterocycles. The van der Waals surface area contributed by atoms with E-state index in [-0.39, 0.29) is 6.04 Å². The van der Waals surface area contributed by atoms with E-state index in [1.165, 1.54) is 0 Å².